The number of halogens is 1. The molecular formula is C21H18ClNO4S2. The molecule has 0 radical (unpaired) electrons. The number of aliphatic carboxylic acids is 1. The Balaban J connectivity index is 1.84. The van der Waals surface area contributed by atoms with E-state index in [2.05, 4.69) is 0 Å². The molecule has 5 nitrogen and oxygen atoms in total. The summed E-state index contributed by atoms with van der Waals surface area (Å²) in [6, 6.07) is 13.7. The number of carboxylic acid groups (broad SMARTS) is 1. The van der Waals surface area contributed by atoms with Crippen molar-refractivity contribution in [3.63, 3.8) is 0 Å². The highest BCUT2D eigenvalue weighted by molar-refractivity contribution is 8.26. The number of carboxylic acids is 1. The summed E-state index contributed by atoms with van der Waals surface area (Å²) >= 11 is 12.5. The third kappa shape index (κ3) is 4.80. The molecule has 0 saturated carbocycles. The molecule has 1 unspecified atom stereocenters. The monoisotopic (exact) mass is 447 g/mol. The minimum Gasteiger partial charge on any atom is -0.488 e. The van der Waals surface area contributed by atoms with Crippen LogP contribution < -0.4 is 4.74 Å². The maximum Gasteiger partial charge on any atom is 0.326 e. The summed E-state index contributed by atoms with van der Waals surface area (Å²) < 4.78 is 6.16. The highest BCUT2D eigenvalue weighted by atomic mass is 35.5. The molecule has 150 valence electrons. The SMILES string of the molecule is CCC(C(=O)O)N1C(=O)/C(=C\c2ccccc2OCc2ccccc2Cl)SC1=S. The highest BCUT2D eigenvalue weighted by Gasteiger charge is 2.39. The van der Waals surface area contributed by atoms with Crippen molar-refractivity contribution in [2.45, 2.75) is 26.0 Å². The van der Waals surface area contributed by atoms with Gasteiger partial charge in [0.1, 0.15) is 22.7 Å². The molecule has 0 bridgehead atoms. The predicted octanol–water partition coefficient (Wildman–Crippen LogP) is 4.98. The first-order valence-electron chi connectivity index (χ1n) is 8.87. The van der Waals surface area contributed by atoms with Crippen LogP contribution in [0.1, 0.15) is 24.5 Å². The molecular weight excluding hydrogens is 430 g/mol. The van der Waals surface area contributed by atoms with Gasteiger partial charge < -0.3 is 9.84 Å². The molecule has 1 fully saturated rings. The number of amides is 1. The lowest BCUT2D eigenvalue weighted by molar-refractivity contribution is -0.145. The van der Waals surface area contributed by atoms with Crippen molar-refractivity contribution in [3.8, 4) is 5.75 Å². The quantitative estimate of drug-likeness (QED) is 0.476. The number of thiocarbonyl (C=S) groups is 1. The van der Waals surface area contributed by atoms with Crippen LogP contribution in [0.4, 0.5) is 0 Å². The van der Waals surface area contributed by atoms with Crippen LogP contribution in [0.25, 0.3) is 6.08 Å². The predicted molar refractivity (Wildman–Crippen MR) is 119 cm³/mol. The van der Waals surface area contributed by atoms with E-state index in [9.17, 15) is 14.7 Å². The molecule has 1 aliphatic heterocycles. The van der Waals surface area contributed by atoms with Gasteiger partial charge in [0.25, 0.3) is 5.91 Å². The van der Waals surface area contributed by atoms with E-state index in [4.69, 9.17) is 28.6 Å². The first-order valence-corrected chi connectivity index (χ1v) is 10.5. The van der Waals surface area contributed by atoms with Crippen molar-refractivity contribution in [3.05, 3.63) is 69.6 Å². The van der Waals surface area contributed by atoms with Crippen LogP contribution in [0, 0.1) is 0 Å². The molecule has 1 aliphatic rings. The zero-order chi connectivity index (χ0) is 21.0. The second kappa shape index (κ2) is 9.43. The molecule has 2 aromatic carbocycles. The number of benzene rings is 2. The number of hydrogen-bond donors (Lipinski definition) is 1. The van der Waals surface area contributed by atoms with Crippen molar-refractivity contribution < 1.29 is 19.4 Å². The van der Waals surface area contributed by atoms with Gasteiger partial charge in [0, 0.05) is 16.1 Å². The average Bonchev–Trinajstić information content (AvgIpc) is 2.96. The van der Waals surface area contributed by atoms with Gasteiger partial charge in [-0.2, -0.15) is 0 Å². The van der Waals surface area contributed by atoms with Gasteiger partial charge in [-0.05, 0) is 24.6 Å². The number of carbonyl (C=O) groups is 2. The van der Waals surface area contributed by atoms with Gasteiger partial charge >= 0.3 is 5.97 Å². The van der Waals surface area contributed by atoms with E-state index in [-0.39, 0.29) is 17.3 Å². The standard InChI is InChI=1S/C21H18ClNO4S2/c1-2-16(20(25)26)23-19(24)18(29-21(23)28)11-13-7-4-6-10-17(13)27-12-14-8-3-5-9-15(14)22/h3-11,16H,2,12H2,1H3,(H,25,26)/b18-11+. The molecule has 29 heavy (non-hydrogen) atoms. The fourth-order valence-electron chi connectivity index (χ4n) is 2.86. The Hall–Kier alpha value is -2.35. The van der Waals surface area contributed by atoms with Gasteiger partial charge in [0.2, 0.25) is 0 Å². The number of ether oxygens (including phenoxy) is 1. The Morgan fingerprint density at radius 1 is 1.28 bits per heavy atom. The molecule has 3 rings (SSSR count). The highest BCUT2D eigenvalue weighted by Crippen LogP contribution is 2.36. The Morgan fingerprint density at radius 2 is 1.97 bits per heavy atom. The van der Waals surface area contributed by atoms with E-state index in [1.165, 1.54) is 4.90 Å². The smallest absolute Gasteiger partial charge is 0.326 e. The van der Waals surface area contributed by atoms with E-state index >= 15 is 0 Å². The van der Waals surface area contributed by atoms with E-state index in [1.807, 2.05) is 36.4 Å². The second-order valence-electron chi connectivity index (χ2n) is 6.23. The molecule has 1 N–H and O–H groups in total. The number of nitrogens with zero attached hydrogens (tertiary/aromatic N) is 1. The first kappa shape index (κ1) is 21.4. The van der Waals surface area contributed by atoms with E-state index < -0.39 is 17.9 Å². The van der Waals surface area contributed by atoms with Gasteiger partial charge in [-0.25, -0.2) is 4.79 Å². The number of carbonyl (C=O) groups excluding carboxylic acids is 1. The fraction of sp³-hybridized carbons (Fsp3) is 0.190. The molecule has 1 atom stereocenters. The average molecular weight is 448 g/mol. The second-order valence-corrected chi connectivity index (χ2v) is 8.31. The lowest BCUT2D eigenvalue weighted by atomic mass is 10.1. The van der Waals surface area contributed by atoms with Crippen molar-refractivity contribution in [2.75, 3.05) is 0 Å². The summed E-state index contributed by atoms with van der Waals surface area (Å²) in [5.74, 6) is -0.897. The number of para-hydroxylation sites is 1. The first-order chi connectivity index (χ1) is 13.9. The summed E-state index contributed by atoms with van der Waals surface area (Å²) in [6.45, 7) is 1.99. The van der Waals surface area contributed by atoms with E-state index in [1.54, 1.807) is 25.1 Å². The lowest BCUT2D eigenvalue weighted by Gasteiger charge is -2.21. The van der Waals surface area contributed by atoms with Crippen molar-refractivity contribution in [1.29, 1.82) is 0 Å². The number of thioether (sulfide) groups is 1. The molecule has 8 heteroatoms. The molecule has 0 spiro atoms. The fourth-order valence-corrected chi connectivity index (χ4v) is 4.40. The lowest BCUT2D eigenvalue weighted by Crippen LogP contribution is -2.43. The van der Waals surface area contributed by atoms with Gasteiger partial charge in [-0.1, -0.05) is 78.9 Å². The topological polar surface area (TPSA) is 66.8 Å². The zero-order valence-corrected chi connectivity index (χ0v) is 17.9. The molecule has 1 heterocycles. The minimum absolute atomic E-state index is 0.241. The van der Waals surface area contributed by atoms with Crippen LogP contribution in [0.2, 0.25) is 5.02 Å². The van der Waals surface area contributed by atoms with Crippen LogP contribution in [0.15, 0.2) is 53.4 Å². The Labute approximate surface area is 183 Å². The Bertz CT molecular complexity index is 992. The summed E-state index contributed by atoms with van der Waals surface area (Å²) in [5.41, 5.74) is 1.55. The van der Waals surface area contributed by atoms with Gasteiger partial charge in [0.15, 0.2) is 0 Å². The zero-order valence-electron chi connectivity index (χ0n) is 15.5. The molecule has 2 aromatic rings. The molecule has 0 aliphatic carbocycles. The normalized spacial score (nSPS) is 16.3. The maximum atomic E-state index is 12.8. The third-order valence-electron chi connectivity index (χ3n) is 4.35. The molecule has 1 saturated heterocycles. The molecule has 0 aromatic heterocycles. The minimum atomic E-state index is -1.08. The van der Waals surface area contributed by atoms with Crippen LogP contribution >= 0.6 is 35.6 Å². The van der Waals surface area contributed by atoms with Crippen LogP contribution in [-0.4, -0.2) is 32.2 Å². The van der Waals surface area contributed by atoms with Crippen molar-refractivity contribution in [1.82, 2.24) is 4.90 Å². The molecule has 1 amide bonds. The third-order valence-corrected chi connectivity index (χ3v) is 6.05. The van der Waals surface area contributed by atoms with Crippen LogP contribution in [-0.2, 0) is 16.2 Å². The summed E-state index contributed by atoms with van der Waals surface area (Å²) in [5, 5.41) is 9.99. The summed E-state index contributed by atoms with van der Waals surface area (Å²) in [6.07, 6.45) is 1.95. The summed E-state index contributed by atoms with van der Waals surface area (Å²) in [7, 11) is 0. The Morgan fingerprint density at radius 3 is 2.66 bits per heavy atom. The Kier molecular flexibility index (Phi) is 6.95. The summed E-state index contributed by atoms with van der Waals surface area (Å²) in [4.78, 5) is 25.8. The van der Waals surface area contributed by atoms with Gasteiger partial charge in [-0.15, -0.1) is 0 Å². The van der Waals surface area contributed by atoms with Crippen molar-refractivity contribution >= 4 is 57.9 Å². The van der Waals surface area contributed by atoms with Gasteiger partial charge in [0.05, 0.1) is 4.91 Å². The van der Waals surface area contributed by atoms with Gasteiger partial charge in [-0.3, -0.25) is 9.69 Å². The van der Waals surface area contributed by atoms with Crippen LogP contribution in [0.5, 0.6) is 5.75 Å². The van der Waals surface area contributed by atoms with E-state index in [0.29, 0.717) is 21.2 Å². The maximum absolute atomic E-state index is 12.8. The largest absolute Gasteiger partial charge is 0.488 e. The van der Waals surface area contributed by atoms with E-state index in [0.717, 1.165) is 17.3 Å². The number of rotatable bonds is 7. The van der Waals surface area contributed by atoms with Crippen LogP contribution in [0.3, 0.4) is 0 Å². The van der Waals surface area contributed by atoms with Crippen molar-refractivity contribution in [2.24, 2.45) is 0 Å². The number of hydrogen-bond acceptors (Lipinski definition) is 5.